The van der Waals surface area contributed by atoms with Gasteiger partial charge in [-0.25, -0.2) is 4.39 Å². The van der Waals surface area contributed by atoms with Gasteiger partial charge in [0, 0.05) is 18.1 Å². The van der Waals surface area contributed by atoms with E-state index in [1.807, 2.05) is 12.1 Å². The zero-order chi connectivity index (χ0) is 15.5. The molecule has 0 saturated heterocycles. The van der Waals surface area contributed by atoms with Crippen LogP contribution in [0.2, 0.25) is 5.02 Å². The second-order valence-electron chi connectivity index (χ2n) is 4.69. The van der Waals surface area contributed by atoms with Crippen LogP contribution in [0.5, 0.6) is 5.75 Å². The fraction of sp³-hybridized carbons (Fsp3) is 0.125. The van der Waals surface area contributed by atoms with Gasteiger partial charge in [-0.05, 0) is 36.4 Å². The summed E-state index contributed by atoms with van der Waals surface area (Å²) in [5.74, 6) is 1.35. The zero-order valence-corrected chi connectivity index (χ0v) is 12.5. The molecule has 0 amide bonds. The van der Waals surface area contributed by atoms with Gasteiger partial charge in [0.15, 0.2) is 0 Å². The number of hydrogen-bond acceptors (Lipinski definition) is 4. The van der Waals surface area contributed by atoms with Crippen molar-refractivity contribution in [3.8, 4) is 17.1 Å². The van der Waals surface area contributed by atoms with E-state index in [2.05, 4.69) is 10.1 Å². The van der Waals surface area contributed by atoms with Gasteiger partial charge in [0.05, 0.1) is 5.02 Å². The molecule has 0 aliphatic heterocycles. The molecule has 0 saturated carbocycles. The molecule has 3 rings (SSSR count). The van der Waals surface area contributed by atoms with E-state index >= 15 is 0 Å². The molecular weight excluding hydrogens is 307 g/mol. The highest BCUT2D eigenvalue weighted by Gasteiger charge is 2.06. The average molecular weight is 319 g/mol. The molecule has 2 aromatic carbocycles. The number of benzene rings is 2. The molecule has 0 unspecified atom stereocenters. The first-order valence-corrected chi connectivity index (χ1v) is 6.97. The first-order chi connectivity index (χ1) is 10.6. The van der Waals surface area contributed by atoms with Crippen molar-refractivity contribution in [1.29, 1.82) is 0 Å². The van der Waals surface area contributed by atoms with Gasteiger partial charge in [-0.2, -0.15) is 4.98 Å². The Bertz CT molecular complexity index is 787. The third-order valence-corrected chi connectivity index (χ3v) is 3.40. The Balaban J connectivity index is 1.68. The van der Waals surface area contributed by atoms with Crippen LogP contribution in [0.3, 0.4) is 0 Å². The van der Waals surface area contributed by atoms with Gasteiger partial charge in [0.1, 0.15) is 18.2 Å². The summed E-state index contributed by atoms with van der Waals surface area (Å²) >= 11 is 5.96. The van der Waals surface area contributed by atoms with Crippen molar-refractivity contribution in [2.75, 3.05) is 0 Å². The molecule has 0 N–H and O–H groups in total. The largest absolute Gasteiger partial charge is 0.489 e. The minimum atomic E-state index is -0.367. The lowest BCUT2D eigenvalue weighted by atomic mass is 10.2. The predicted octanol–water partition coefficient (Wildman–Crippen LogP) is 4.42. The molecule has 112 valence electrons. The normalized spacial score (nSPS) is 10.7. The highest BCUT2D eigenvalue weighted by molar-refractivity contribution is 6.31. The predicted molar refractivity (Wildman–Crippen MR) is 80.2 cm³/mol. The second kappa shape index (κ2) is 6.15. The third-order valence-electron chi connectivity index (χ3n) is 3.05. The van der Waals surface area contributed by atoms with Gasteiger partial charge in [-0.15, -0.1) is 0 Å². The van der Waals surface area contributed by atoms with Crippen LogP contribution in [-0.2, 0) is 6.61 Å². The fourth-order valence-corrected chi connectivity index (χ4v) is 2.14. The molecule has 0 aliphatic rings. The van der Waals surface area contributed by atoms with Gasteiger partial charge < -0.3 is 9.26 Å². The minimum absolute atomic E-state index is 0.264. The molecule has 1 heterocycles. The van der Waals surface area contributed by atoms with Crippen LogP contribution in [0.15, 0.2) is 47.0 Å². The lowest BCUT2D eigenvalue weighted by Gasteiger charge is -2.08. The van der Waals surface area contributed by atoms with Crippen molar-refractivity contribution < 1.29 is 13.7 Å². The molecule has 0 bridgehead atoms. The minimum Gasteiger partial charge on any atom is -0.489 e. The fourth-order valence-electron chi connectivity index (χ4n) is 1.92. The molecule has 6 heteroatoms. The van der Waals surface area contributed by atoms with E-state index in [-0.39, 0.29) is 12.4 Å². The van der Waals surface area contributed by atoms with Crippen LogP contribution in [0.1, 0.15) is 11.5 Å². The molecule has 0 spiro atoms. The van der Waals surface area contributed by atoms with Crippen molar-refractivity contribution in [3.05, 3.63) is 64.8 Å². The summed E-state index contributed by atoms with van der Waals surface area (Å²) in [6.45, 7) is 2.00. The molecule has 1 aromatic heterocycles. The molecule has 3 aromatic rings. The number of nitrogens with zero attached hydrogens (tertiary/aromatic N) is 2. The van der Waals surface area contributed by atoms with Crippen LogP contribution >= 0.6 is 11.6 Å². The van der Waals surface area contributed by atoms with E-state index in [0.29, 0.717) is 22.5 Å². The maximum Gasteiger partial charge on any atom is 0.223 e. The van der Waals surface area contributed by atoms with Crippen molar-refractivity contribution in [2.24, 2.45) is 0 Å². The first-order valence-electron chi connectivity index (χ1n) is 6.59. The van der Waals surface area contributed by atoms with E-state index in [1.165, 1.54) is 12.1 Å². The summed E-state index contributed by atoms with van der Waals surface area (Å²) in [5, 5.41) is 4.20. The van der Waals surface area contributed by atoms with E-state index in [0.717, 1.165) is 11.1 Å². The quantitative estimate of drug-likeness (QED) is 0.714. The van der Waals surface area contributed by atoms with Crippen molar-refractivity contribution in [1.82, 2.24) is 10.1 Å². The number of aryl methyl sites for hydroxylation is 1. The Kier molecular flexibility index (Phi) is 4.06. The molecule has 22 heavy (non-hydrogen) atoms. The summed E-state index contributed by atoms with van der Waals surface area (Å²) in [6, 6.07) is 11.5. The highest BCUT2D eigenvalue weighted by atomic mass is 35.5. The van der Waals surface area contributed by atoms with Crippen LogP contribution in [0.4, 0.5) is 4.39 Å². The summed E-state index contributed by atoms with van der Waals surface area (Å²) in [6.07, 6.45) is 0. The average Bonchev–Trinajstić information content (AvgIpc) is 2.93. The molecule has 4 nitrogen and oxygen atoms in total. The lowest BCUT2D eigenvalue weighted by Crippen LogP contribution is -1.96. The monoisotopic (exact) mass is 318 g/mol. The van der Waals surface area contributed by atoms with Crippen LogP contribution < -0.4 is 4.74 Å². The topological polar surface area (TPSA) is 48.2 Å². The SMILES string of the molecule is Cc1nc(-c2ccc(OCc3ccc(F)cc3Cl)cc2)no1. The van der Waals surface area contributed by atoms with Gasteiger partial charge in [-0.1, -0.05) is 22.8 Å². The van der Waals surface area contributed by atoms with Crippen LogP contribution in [0, 0.1) is 12.7 Å². The van der Waals surface area contributed by atoms with E-state index in [1.54, 1.807) is 25.1 Å². The number of aromatic nitrogens is 2. The van der Waals surface area contributed by atoms with Crippen LogP contribution in [-0.4, -0.2) is 10.1 Å². The molecule has 0 fully saturated rings. The summed E-state index contributed by atoms with van der Waals surface area (Å²) in [5.41, 5.74) is 1.56. The Hall–Kier alpha value is -2.40. The van der Waals surface area contributed by atoms with Crippen molar-refractivity contribution >= 4 is 11.6 Å². The lowest BCUT2D eigenvalue weighted by molar-refractivity contribution is 0.306. The second-order valence-corrected chi connectivity index (χ2v) is 5.09. The van der Waals surface area contributed by atoms with Crippen LogP contribution in [0.25, 0.3) is 11.4 Å². The molecule has 0 radical (unpaired) electrons. The summed E-state index contributed by atoms with van der Waals surface area (Å²) in [4.78, 5) is 4.15. The van der Waals surface area contributed by atoms with Crippen molar-refractivity contribution in [3.63, 3.8) is 0 Å². The maximum atomic E-state index is 13.0. The zero-order valence-electron chi connectivity index (χ0n) is 11.7. The van der Waals surface area contributed by atoms with E-state index in [4.69, 9.17) is 20.9 Å². The van der Waals surface area contributed by atoms with Gasteiger partial charge in [-0.3, -0.25) is 0 Å². The number of ether oxygens (including phenoxy) is 1. The summed E-state index contributed by atoms with van der Waals surface area (Å²) in [7, 11) is 0. The Morgan fingerprint density at radius 2 is 1.95 bits per heavy atom. The van der Waals surface area contributed by atoms with Gasteiger partial charge in [0.2, 0.25) is 11.7 Å². The maximum absolute atomic E-state index is 13.0. The Morgan fingerprint density at radius 3 is 2.59 bits per heavy atom. The molecular formula is C16H12ClFN2O2. The number of hydrogen-bond donors (Lipinski definition) is 0. The standard InChI is InChI=1S/C16H12ClFN2O2/c1-10-19-16(20-22-10)11-3-6-14(7-4-11)21-9-12-2-5-13(18)8-15(12)17/h2-8H,9H2,1H3. The summed E-state index contributed by atoms with van der Waals surface area (Å²) < 4.78 is 23.6. The first kappa shape index (κ1) is 14.5. The number of halogens is 2. The molecule has 0 aliphatic carbocycles. The number of rotatable bonds is 4. The molecule has 0 atom stereocenters. The van der Waals surface area contributed by atoms with E-state index in [9.17, 15) is 4.39 Å². The van der Waals surface area contributed by atoms with Gasteiger partial charge >= 0.3 is 0 Å². The highest BCUT2D eigenvalue weighted by Crippen LogP contribution is 2.22. The van der Waals surface area contributed by atoms with E-state index < -0.39 is 0 Å². The Morgan fingerprint density at radius 1 is 1.18 bits per heavy atom. The van der Waals surface area contributed by atoms with Gasteiger partial charge in [0.25, 0.3) is 0 Å². The Labute approximate surface area is 131 Å². The third kappa shape index (κ3) is 3.26. The van der Waals surface area contributed by atoms with Crippen molar-refractivity contribution in [2.45, 2.75) is 13.5 Å². The smallest absolute Gasteiger partial charge is 0.223 e.